The third kappa shape index (κ3) is 1.42. The molecule has 1 aliphatic heterocycles. The number of hydrogen-bond donors (Lipinski definition) is 0. The third-order valence-electron chi connectivity index (χ3n) is 3.41. The summed E-state index contributed by atoms with van der Waals surface area (Å²) >= 11 is 0. The van der Waals surface area contributed by atoms with E-state index in [1.54, 1.807) is 0 Å². The van der Waals surface area contributed by atoms with Crippen molar-refractivity contribution in [1.29, 1.82) is 0 Å². The maximum atomic E-state index is 5.42. The molecule has 0 saturated heterocycles. The lowest BCUT2D eigenvalue weighted by Gasteiger charge is -2.09. The maximum absolute atomic E-state index is 5.42. The molecule has 0 unspecified atom stereocenters. The summed E-state index contributed by atoms with van der Waals surface area (Å²) in [4.78, 5) is 0. The highest BCUT2D eigenvalue weighted by molar-refractivity contribution is 5.51. The highest BCUT2D eigenvalue weighted by Crippen LogP contribution is 2.42. The molecule has 0 amide bonds. The van der Waals surface area contributed by atoms with Gasteiger partial charge in [0.05, 0.1) is 0 Å². The number of aromatic nitrogens is 1. The van der Waals surface area contributed by atoms with Gasteiger partial charge in [-0.15, -0.1) is 0 Å². The number of rotatable bonds is 2. The lowest BCUT2D eigenvalue weighted by atomic mass is 10.2. The van der Waals surface area contributed by atoms with E-state index in [1.165, 1.54) is 18.5 Å². The van der Waals surface area contributed by atoms with Gasteiger partial charge in [0.1, 0.15) is 0 Å². The molecule has 3 heteroatoms. The van der Waals surface area contributed by atoms with Crippen LogP contribution in [0.1, 0.15) is 24.5 Å². The minimum absolute atomic E-state index is 0.333. The van der Waals surface area contributed by atoms with Crippen molar-refractivity contribution in [3.63, 3.8) is 0 Å². The fourth-order valence-corrected chi connectivity index (χ4v) is 2.38. The molecule has 86 valence electrons. The van der Waals surface area contributed by atoms with Gasteiger partial charge in [0.2, 0.25) is 6.79 Å². The zero-order chi connectivity index (χ0) is 11.2. The van der Waals surface area contributed by atoms with Crippen molar-refractivity contribution < 1.29 is 9.47 Å². The second-order valence-electron chi connectivity index (χ2n) is 4.61. The van der Waals surface area contributed by atoms with Gasteiger partial charge >= 0.3 is 0 Å². The molecule has 0 atom stereocenters. The van der Waals surface area contributed by atoms with Crippen molar-refractivity contribution in [2.24, 2.45) is 0 Å². The van der Waals surface area contributed by atoms with E-state index in [0.717, 1.165) is 23.1 Å². The Balaban J connectivity index is 1.80. The molecule has 1 aromatic heterocycles. The summed E-state index contributed by atoms with van der Waals surface area (Å²) in [6.07, 6.45) is 4.74. The van der Waals surface area contributed by atoms with Gasteiger partial charge in [-0.25, -0.2) is 0 Å². The molecule has 1 fully saturated rings. The van der Waals surface area contributed by atoms with Crippen LogP contribution in [0.25, 0.3) is 5.69 Å². The van der Waals surface area contributed by atoms with E-state index in [2.05, 4.69) is 29.0 Å². The normalized spacial score (nSPS) is 17.4. The summed E-state index contributed by atoms with van der Waals surface area (Å²) in [6.45, 7) is 0.333. The number of nitrogens with zero attached hydrogens (tertiary/aromatic N) is 1. The largest absolute Gasteiger partial charge is 0.454 e. The Morgan fingerprint density at radius 1 is 1.06 bits per heavy atom. The van der Waals surface area contributed by atoms with Crippen LogP contribution in [-0.2, 0) is 0 Å². The summed E-state index contributed by atoms with van der Waals surface area (Å²) < 4.78 is 13.0. The van der Waals surface area contributed by atoms with E-state index in [9.17, 15) is 0 Å². The van der Waals surface area contributed by atoms with Gasteiger partial charge in [0.25, 0.3) is 0 Å². The molecule has 0 bridgehead atoms. The molecule has 0 spiro atoms. The van der Waals surface area contributed by atoms with Gasteiger partial charge in [0, 0.05) is 23.6 Å². The van der Waals surface area contributed by atoms with Crippen LogP contribution in [-0.4, -0.2) is 11.4 Å². The molecule has 2 aromatic rings. The standard InChI is InChI=1S/C14H13NO2/c1-2-12(10-3-4-10)15(7-1)11-5-6-13-14(8-11)17-9-16-13/h1-2,5-8,10H,3-4,9H2. The van der Waals surface area contributed by atoms with Crippen LogP contribution < -0.4 is 9.47 Å². The van der Waals surface area contributed by atoms with Crippen LogP contribution in [0.4, 0.5) is 0 Å². The van der Waals surface area contributed by atoms with Gasteiger partial charge in [-0.3, -0.25) is 0 Å². The molecule has 4 rings (SSSR count). The lowest BCUT2D eigenvalue weighted by Crippen LogP contribution is -1.97. The number of ether oxygens (including phenoxy) is 2. The Kier molecular flexibility index (Phi) is 1.78. The number of fused-ring (bicyclic) bond motifs is 1. The van der Waals surface area contributed by atoms with E-state index in [1.807, 2.05) is 12.1 Å². The van der Waals surface area contributed by atoms with Crippen LogP contribution in [0.3, 0.4) is 0 Å². The number of hydrogen-bond acceptors (Lipinski definition) is 2. The van der Waals surface area contributed by atoms with Crippen LogP contribution in [0.2, 0.25) is 0 Å². The van der Waals surface area contributed by atoms with Gasteiger partial charge < -0.3 is 14.0 Å². The zero-order valence-electron chi connectivity index (χ0n) is 9.43. The van der Waals surface area contributed by atoms with Crippen molar-refractivity contribution in [2.45, 2.75) is 18.8 Å². The first kappa shape index (κ1) is 9.16. The Morgan fingerprint density at radius 3 is 2.82 bits per heavy atom. The van der Waals surface area contributed by atoms with Gasteiger partial charge in [-0.1, -0.05) is 0 Å². The number of benzene rings is 1. The zero-order valence-corrected chi connectivity index (χ0v) is 9.43. The molecule has 3 nitrogen and oxygen atoms in total. The average molecular weight is 227 g/mol. The fraction of sp³-hybridized carbons (Fsp3) is 0.286. The van der Waals surface area contributed by atoms with Crippen molar-refractivity contribution >= 4 is 0 Å². The quantitative estimate of drug-likeness (QED) is 0.787. The summed E-state index contributed by atoms with van der Waals surface area (Å²) in [5.74, 6) is 2.43. The molecular weight excluding hydrogens is 214 g/mol. The molecule has 2 heterocycles. The molecule has 1 aliphatic carbocycles. The van der Waals surface area contributed by atoms with Crippen LogP contribution >= 0.6 is 0 Å². The minimum atomic E-state index is 0.333. The molecule has 1 aromatic carbocycles. The predicted molar refractivity (Wildman–Crippen MR) is 63.9 cm³/mol. The van der Waals surface area contributed by atoms with E-state index in [4.69, 9.17) is 9.47 Å². The first-order valence-corrected chi connectivity index (χ1v) is 5.99. The average Bonchev–Trinajstić information content (AvgIpc) is 2.93. The van der Waals surface area contributed by atoms with Gasteiger partial charge in [0.15, 0.2) is 11.5 Å². The molecular formula is C14H13NO2. The first-order valence-electron chi connectivity index (χ1n) is 5.99. The van der Waals surface area contributed by atoms with E-state index in [0.29, 0.717) is 6.79 Å². The van der Waals surface area contributed by atoms with Crippen LogP contribution in [0.15, 0.2) is 36.5 Å². The fourth-order valence-electron chi connectivity index (χ4n) is 2.38. The Labute approximate surface area is 99.6 Å². The lowest BCUT2D eigenvalue weighted by molar-refractivity contribution is 0.174. The maximum Gasteiger partial charge on any atom is 0.231 e. The van der Waals surface area contributed by atoms with E-state index >= 15 is 0 Å². The smallest absolute Gasteiger partial charge is 0.231 e. The SMILES string of the molecule is c1cc(C2CC2)n(-c2ccc3c(c2)OCO3)c1. The topological polar surface area (TPSA) is 23.4 Å². The summed E-state index contributed by atoms with van der Waals surface area (Å²) in [5, 5.41) is 0. The Bertz CT molecular complexity index is 569. The monoisotopic (exact) mass is 227 g/mol. The van der Waals surface area contributed by atoms with Crippen molar-refractivity contribution in [2.75, 3.05) is 6.79 Å². The van der Waals surface area contributed by atoms with Crippen molar-refractivity contribution in [3.8, 4) is 17.2 Å². The summed E-state index contributed by atoms with van der Waals surface area (Å²) in [6, 6.07) is 10.4. The van der Waals surface area contributed by atoms with Crippen molar-refractivity contribution in [3.05, 3.63) is 42.2 Å². The highest BCUT2D eigenvalue weighted by atomic mass is 16.7. The molecule has 17 heavy (non-hydrogen) atoms. The molecule has 0 radical (unpaired) electrons. The third-order valence-corrected chi connectivity index (χ3v) is 3.41. The first-order chi connectivity index (χ1) is 8.42. The van der Waals surface area contributed by atoms with Gasteiger partial charge in [-0.05, 0) is 43.0 Å². The Morgan fingerprint density at radius 2 is 1.94 bits per heavy atom. The minimum Gasteiger partial charge on any atom is -0.454 e. The van der Waals surface area contributed by atoms with E-state index < -0.39 is 0 Å². The second-order valence-corrected chi connectivity index (χ2v) is 4.61. The summed E-state index contributed by atoms with van der Waals surface area (Å²) in [5.41, 5.74) is 2.56. The molecule has 2 aliphatic rings. The molecule has 1 saturated carbocycles. The van der Waals surface area contributed by atoms with Crippen LogP contribution in [0.5, 0.6) is 11.5 Å². The predicted octanol–water partition coefficient (Wildman–Crippen LogP) is 3.08. The van der Waals surface area contributed by atoms with Crippen LogP contribution in [0, 0.1) is 0 Å². The highest BCUT2D eigenvalue weighted by Gasteiger charge is 2.26. The van der Waals surface area contributed by atoms with E-state index in [-0.39, 0.29) is 0 Å². The van der Waals surface area contributed by atoms with Gasteiger partial charge in [-0.2, -0.15) is 0 Å². The van der Waals surface area contributed by atoms with Crippen molar-refractivity contribution in [1.82, 2.24) is 4.57 Å². The second kappa shape index (κ2) is 3.29. The Hall–Kier alpha value is -1.90. The summed E-state index contributed by atoms with van der Waals surface area (Å²) in [7, 11) is 0. The molecule has 0 N–H and O–H groups in total.